The van der Waals surface area contributed by atoms with E-state index >= 15 is 0 Å². The summed E-state index contributed by atoms with van der Waals surface area (Å²) in [4.78, 5) is 17.4. The summed E-state index contributed by atoms with van der Waals surface area (Å²) in [6.45, 7) is 2.07. The Morgan fingerprint density at radius 3 is 2.63 bits per heavy atom. The third-order valence-corrected chi connectivity index (χ3v) is 6.10. The second-order valence-electron chi connectivity index (χ2n) is 6.77. The van der Waals surface area contributed by atoms with E-state index in [1.807, 2.05) is 24.3 Å². The van der Waals surface area contributed by atoms with Crippen molar-refractivity contribution < 1.29 is 4.79 Å². The van der Waals surface area contributed by atoms with Crippen LogP contribution in [0.25, 0.3) is 22.2 Å². The Balaban J connectivity index is 1.56. The van der Waals surface area contributed by atoms with Crippen molar-refractivity contribution in [1.82, 2.24) is 14.8 Å². The van der Waals surface area contributed by atoms with Crippen LogP contribution in [-0.2, 0) is 0 Å². The van der Waals surface area contributed by atoms with Crippen LogP contribution in [0, 0.1) is 6.92 Å². The first kappa shape index (κ1) is 16.3. The Kier molecular flexibility index (Phi) is 3.83. The summed E-state index contributed by atoms with van der Waals surface area (Å²) in [5, 5.41) is 7.51. The highest BCUT2D eigenvalue weighted by Crippen LogP contribution is 2.42. The summed E-state index contributed by atoms with van der Waals surface area (Å²) in [7, 11) is 0. The molecule has 0 saturated heterocycles. The highest BCUT2D eigenvalue weighted by Gasteiger charge is 2.30. The van der Waals surface area contributed by atoms with Crippen molar-refractivity contribution in [3.8, 4) is 11.4 Å². The molecule has 1 atom stereocenters. The summed E-state index contributed by atoms with van der Waals surface area (Å²) >= 11 is 1.61. The lowest BCUT2D eigenvalue weighted by atomic mass is 10.0. The van der Waals surface area contributed by atoms with Crippen molar-refractivity contribution in [2.24, 2.45) is 0 Å². The number of carbonyl (C=O) groups excluding carboxylic acids is 1. The number of carbonyl (C=O) groups is 1. The number of aryl methyl sites for hydroxylation is 1. The number of nitrogens with zero attached hydrogens (tertiary/aromatic N) is 3. The molecule has 4 aromatic rings. The molecule has 0 aliphatic carbocycles. The van der Waals surface area contributed by atoms with Crippen LogP contribution in [0.5, 0.6) is 0 Å². The van der Waals surface area contributed by atoms with Crippen LogP contribution in [-0.4, -0.2) is 20.7 Å². The Morgan fingerprint density at radius 2 is 1.78 bits per heavy atom. The number of fused-ring (bicyclic) bond motifs is 2. The van der Waals surface area contributed by atoms with Gasteiger partial charge in [0.1, 0.15) is 0 Å². The van der Waals surface area contributed by atoms with Crippen molar-refractivity contribution in [2.75, 3.05) is 0 Å². The van der Waals surface area contributed by atoms with E-state index in [2.05, 4.69) is 54.5 Å². The van der Waals surface area contributed by atoms with Crippen LogP contribution in [0.4, 0.5) is 0 Å². The Bertz CT molecular complexity index is 1160. The molecule has 0 fully saturated rings. The van der Waals surface area contributed by atoms with Gasteiger partial charge in [-0.15, -0.1) is 5.10 Å². The normalized spacial score (nSPS) is 16.5. The highest BCUT2D eigenvalue weighted by molar-refractivity contribution is 7.99. The first-order valence-corrected chi connectivity index (χ1v) is 9.78. The van der Waals surface area contributed by atoms with Gasteiger partial charge in [0.2, 0.25) is 0 Å². The van der Waals surface area contributed by atoms with Gasteiger partial charge in [0.05, 0.1) is 0 Å². The fraction of sp³-hybridized carbons (Fsp3) is 0.136. The number of thioether (sulfide) groups is 1. The first-order valence-electron chi connectivity index (χ1n) is 8.91. The average molecular weight is 371 g/mol. The molecular weight excluding hydrogens is 354 g/mol. The third-order valence-electron chi connectivity index (χ3n) is 4.90. The predicted octanol–water partition coefficient (Wildman–Crippen LogP) is 5.28. The molecule has 4 nitrogen and oxygen atoms in total. The molecule has 0 amide bonds. The minimum Gasteiger partial charge on any atom is -0.272 e. The van der Waals surface area contributed by atoms with Crippen LogP contribution in [0.2, 0.25) is 0 Å². The van der Waals surface area contributed by atoms with Crippen LogP contribution in [0.3, 0.4) is 0 Å². The molecule has 0 saturated carbocycles. The topological polar surface area (TPSA) is 47.8 Å². The lowest BCUT2D eigenvalue weighted by Gasteiger charge is -2.20. The summed E-state index contributed by atoms with van der Waals surface area (Å²) < 4.78 is 1.46. The zero-order chi connectivity index (χ0) is 18.4. The van der Waals surface area contributed by atoms with E-state index in [4.69, 9.17) is 4.98 Å². The molecule has 27 heavy (non-hydrogen) atoms. The summed E-state index contributed by atoms with van der Waals surface area (Å²) in [5.74, 6) is 0.598. The van der Waals surface area contributed by atoms with Crippen LogP contribution in [0.1, 0.15) is 27.6 Å². The average Bonchev–Trinajstić information content (AvgIpc) is 3.13. The molecule has 2 heterocycles. The predicted molar refractivity (Wildman–Crippen MR) is 108 cm³/mol. The molecule has 0 unspecified atom stereocenters. The second kappa shape index (κ2) is 6.35. The molecule has 0 bridgehead atoms. The fourth-order valence-electron chi connectivity index (χ4n) is 3.45. The molecule has 132 valence electrons. The van der Waals surface area contributed by atoms with Gasteiger partial charge in [0.15, 0.2) is 11.0 Å². The minimum absolute atomic E-state index is 0.00619. The van der Waals surface area contributed by atoms with Gasteiger partial charge in [-0.2, -0.15) is 4.68 Å². The molecule has 1 aromatic heterocycles. The number of hydrogen-bond donors (Lipinski definition) is 0. The van der Waals surface area contributed by atoms with E-state index in [9.17, 15) is 4.79 Å². The number of aromatic nitrogens is 3. The van der Waals surface area contributed by atoms with Gasteiger partial charge in [-0.3, -0.25) is 4.79 Å². The maximum atomic E-state index is 12.7. The first-order chi connectivity index (χ1) is 13.2. The van der Waals surface area contributed by atoms with Gasteiger partial charge in [-0.25, -0.2) is 4.98 Å². The maximum absolute atomic E-state index is 12.7. The van der Waals surface area contributed by atoms with Gasteiger partial charge < -0.3 is 0 Å². The fourth-order valence-corrected chi connectivity index (χ4v) is 4.61. The van der Waals surface area contributed by atoms with E-state index in [-0.39, 0.29) is 11.2 Å². The van der Waals surface area contributed by atoms with Crippen molar-refractivity contribution >= 4 is 28.4 Å². The van der Waals surface area contributed by atoms with Crippen molar-refractivity contribution in [1.29, 1.82) is 0 Å². The lowest BCUT2D eigenvalue weighted by molar-refractivity contribution is 0.0868. The number of rotatable bonds is 2. The quantitative estimate of drug-likeness (QED) is 0.481. The smallest absolute Gasteiger partial charge is 0.250 e. The van der Waals surface area contributed by atoms with Crippen LogP contribution < -0.4 is 0 Å². The van der Waals surface area contributed by atoms with Crippen LogP contribution >= 0.6 is 11.8 Å². The maximum Gasteiger partial charge on any atom is 0.250 e. The van der Waals surface area contributed by atoms with Gasteiger partial charge in [-0.05, 0) is 23.3 Å². The largest absolute Gasteiger partial charge is 0.272 e. The van der Waals surface area contributed by atoms with Crippen LogP contribution in [0.15, 0.2) is 71.9 Å². The third kappa shape index (κ3) is 2.84. The van der Waals surface area contributed by atoms with Gasteiger partial charge >= 0.3 is 0 Å². The molecule has 0 N–H and O–H groups in total. The molecular formula is C22H17N3OS. The SMILES string of the molecule is Cc1ccc([C@@H]2CC(=O)n3nc(-c4cccc5ccccc45)nc3S2)cc1. The monoisotopic (exact) mass is 371 g/mol. The van der Waals surface area contributed by atoms with E-state index in [1.54, 1.807) is 11.8 Å². The standard InChI is InChI=1S/C22H17N3OS/c1-14-9-11-16(12-10-14)19-13-20(26)25-22(27-19)23-21(24-25)18-8-4-6-15-5-2-3-7-17(15)18/h2-12,19H,13H2,1H3/t19-/m0/s1. The van der Waals surface area contributed by atoms with Gasteiger partial charge in [0.25, 0.3) is 5.91 Å². The Morgan fingerprint density at radius 1 is 1.00 bits per heavy atom. The van der Waals surface area contributed by atoms with Crippen molar-refractivity contribution in [3.05, 3.63) is 77.9 Å². The zero-order valence-electron chi connectivity index (χ0n) is 14.8. The van der Waals surface area contributed by atoms with E-state index in [0.717, 1.165) is 21.9 Å². The number of benzene rings is 3. The van der Waals surface area contributed by atoms with Crippen molar-refractivity contribution in [2.45, 2.75) is 23.8 Å². The molecule has 1 aliphatic rings. The Hall–Kier alpha value is -2.92. The lowest BCUT2D eigenvalue weighted by Crippen LogP contribution is -2.20. The molecule has 3 aromatic carbocycles. The molecule has 1 aliphatic heterocycles. The van der Waals surface area contributed by atoms with E-state index in [1.165, 1.54) is 10.2 Å². The van der Waals surface area contributed by atoms with Crippen molar-refractivity contribution in [3.63, 3.8) is 0 Å². The summed E-state index contributed by atoms with van der Waals surface area (Å²) in [6.07, 6.45) is 0.430. The minimum atomic E-state index is -0.00619. The second-order valence-corrected chi connectivity index (χ2v) is 7.94. The summed E-state index contributed by atoms with van der Waals surface area (Å²) in [5.41, 5.74) is 3.32. The highest BCUT2D eigenvalue weighted by atomic mass is 32.2. The molecule has 5 rings (SSSR count). The van der Waals surface area contributed by atoms with Gasteiger partial charge in [0, 0.05) is 17.2 Å². The Labute approximate surface area is 161 Å². The molecule has 0 radical (unpaired) electrons. The molecule has 0 spiro atoms. The zero-order valence-corrected chi connectivity index (χ0v) is 15.6. The van der Waals surface area contributed by atoms with Gasteiger partial charge in [-0.1, -0.05) is 84.1 Å². The number of hydrogen-bond acceptors (Lipinski definition) is 4. The molecule has 5 heteroatoms. The van der Waals surface area contributed by atoms with E-state index in [0.29, 0.717) is 17.4 Å². The van der Waals surface area contributed by atoms with E-state index < -0.39 is 0 Å². The summed E-state index contributed by atoms with van der Waals surface area (Å²) in [6, 6.07) is 22.6.